The summed E-state index contributed by atoms with van der Waals surface area (Å²) in [5, 5.41) is 12.2. The third-order valence-corrected chi connectivity index (χ3v) is 5.00. The van der Waals surface area contributed by atoms with Gasteiger partial charge in [-0.1, -0.05) is 29.4 Å². The fourth-order valence-corrected chi connectivity index (χ4v) is 3.37. The van der Waals surface area contributed by atoms with Crippen LogP contribution < -0.4 is 16.2 Å². The molecule has 1 aliphatic heterocycles. The summed E-state index contributed by atoms with van der Waals surface area (Å²) in [4.78, 5) is 36.1. The number of oxime groups is 1. The summed E-state index contributed by atoms with van der Waals surface area (Å²) < 4.78 is 0. The van der Waals surface area contributed by atoms with Crippen molar-refractivity contribution in [2.75, 3.05) is 31.1 Å². The topological polar surface area (TPSA) is 128 Å². The fourth-order valence-electron chi connectivity index (χ4n) is 3.37. The van der Waals surface area contributed by atoms with Crippen molar-refractivity contribution in [2.24, 2.45) is 10.9 Å². The van der Waals surface area contributed by atoms with E-state index in [1.54, 1.807) is 41.3 Å². The Kier molecular flexibility index (Phi) is 4.86. The van der Waals surface area contributed by atoms with E-state index in [1.807, 2.05) is 17.0 Å². The highest BCUT2D eigenvalue weighted by Gasteiger charge is 2.23. The molecule has 1 saturated heterocycles. The first kappa shape index (κ1) is 18.5. The van der Waals surface area contributed by atoms with Crippen molar-refractivity contribution in [1.29, 1.82) is 0 Å². The number of fused-ring (bicyclic) bond motifs is 1. The second kappa shape index (κ2) is 7.63. The number of nitrogens with zero attached hydrogens (tertiary/aromatic N) is 4. The maximum atomic E-state index is 12.7. The molecule has 148 valence electrons. The van der Waals surface area contributed by atoms with Crippen molar-refractivity contribution in [2.45, 2.75) is 0 Å². The molecule has 29 heavy (non-hydrogen) atoms. The zero-order valence-electron chi connectivity index (χ0n) is 15.6. The summed E-state index contributed by atoms with van der Waals surface area (Å²) in [5.41, 5.74) is 7.10. The SMILES string of the molecule is NC(=NO)c1ccc(C(=O)N2CCN(c3nc4ccccc4c(=O)[nH]3)CC2)cc1. The maximum absolute atomic E-state index is 12.7. The third-order valence-electron chi connectivity index (χ3n) is 5.00. The van der Waals surface area contributed by atoms with Crippen molar-refractivity contribution >= 4 is 28.6 Å². The number of carbonyl (C=O) groups is 1. The first-order valence-electron chi connectivity index (χ1n) is 9.18. The Morgan fingerprint density at radius 3 is 2.38 bits per heavy atom. The predicted molar refractivity (Wildman–Crippen MR) is 109 cm³/mol. The van der Waals surface area contributed by atoms with Crippen molar-refractivity contribution in [3.8, 4) is 0 Å². The number of nitrogens with two attached hydrogens (primary N) is 1. The summed E-state index contributed by atoms with van der Waals surface area (Å²) in [6.45, 7) is 2.15. The number of carbonyl (C=O) groups excluding carboxylic acids is 1. The van der Waals surface area contributed by atoms with Gasteiger partial charge in [-0.3, -0.25) is 14.6 Å². The van der Waals surface area contributed by atoms with Gasteiger partial charge in [-0.25, -0.2) is 4.98 Å². The summed E-state index contributed by atoms with van der Waals surface area (Å²) in [7, 11) is 0. The van der Waals surface area contributed by atoms with Crippen molar-refractivity contribution in [1.82, 2.24) is 14.9 Å². The molecule has 4 rings (SSSR count). The normalized spacial score (nSPS) is 15.0. The van der Waals surface area contributed by atoms with Gasteiger partial charge in [-0.2, -0.15) is 0 Å². The van der Waals surface area contributed by atoms with Crippen LogP contribution in [-0.2, 0) is 0 Å². The average molecular weight is 392 g/mol. The molecule has 0 bridgehead atoms. The second-order valence-corrected chi connectivity index (χ2v) is 6.75. The van der Waals surface area contributed by atoms with E-state index in [9.17, 15) is 9.59 Å². The molecule has 9 heteroatoms. The van der Waals surface area contributed by atoms with Crippen molar-refractivity contribution in [3.63, 3.8) is 0 Å². The molecule has 9 nitrogen and oxygen atoms in total. The summed E-state index contributed by atoms with van der Waals surface area (Å²) in [6, 6.07) is 13.8. The van der Waals surface area contributed by atoms with E-state index in [-0.39, 0.29) is 17.3 Å². The number of benzene rings is 2. The number of nitrogens with one attached hydrogen (secondary N) is 1. The molecule has 0 atom stereocenters. The van der Waals surface area contributed by atoms with Gasteiger partial charge >= 0.3 is 0 Å². The van der Waals surface area contributed by atoms with Crippen LogP contribution in [0.1, 0.15) is 15.9 Å². The number of piperazine rings is 1. The Hall–Kier alpha value is -3.88. The molecule has 1 aromatic heterocycles. The molecule has 2 heterocycles. The largest absolute Gasteiger partial charge is 0.409 e. The highest BCUT2D eigenvalue weighted by molar-refractivity contribution is 5.99. The van der Waals surface area contributed by atoms with E-state index in [0.29, 0.717) is 54.2 Å². The van der Waals surface area contributed by atoms with Crippen LogP contribution in [0.2, 0.25) is 0 Å². The number of amidine groups is 1. The molecule has 1 amide bonds. The van der Waals surface area contributed by atoms with Crippen molar-refractivity contribution in [3.05, 3.63) is 70.0 Å². The third kappa shape index (κ3) is 3.62. The van der Waals surface area contributed by atoms with Crippen LogP contribution in [0.3, 0.4) is 0 Å². The van der Waals surface area contributed by atoms with Crippen LogP contribution in [0.4, 0.5) is 5.95 Å². The molecule has 0 unspecified atom stereocenters. The van der Waals surface area contributed by atoms with E-state index < -0.39 is 0 Å². The zero-order valence-corrected chi connectivity index (χ0v) is 15.6. The first-order chi connectivity index (χ1) is 14.1. The minimum Gasteiger partial charge on any atom is -0.409 e. The number of hydrogen-bond donors (Lipinski definition) is 3. The smallest absolute Gasteiger partial charge is 0.260 e. The van der Waals surface area contributed by atoms with Gasteiger partial charge in [0.2, 0.25) is 5.95 Å². The Bertz CT molecular complexity index is 1130. The molecular weight excluding hydrogens is 372 g/mol. The van der Waals surface area contributed by atoms with Crippen LogP contribution in [0.25, 0.3) is 10.9 Å². The lowest BCUT2D eigenvalue weighted by Gasteiger charge is -2.35. The van der Waals surface area contributed by atoms with Gasteiger partial charge in [0.25, 0.3) is 11.5 Å². The summed E-state index contributed by atoms with van der Waals surface area (Å²) in [6.07, 6.45) is 0. The number of aromatic amines is 1. The van der Waals surface area contributed by atoms with Crippen LogP contribution in [0.15, 0.2) is 58.5 Å². The van der Waals surface area contributed by atoms with Gasteiger partial charge in [0.05, 0.1) is 10.9 Å². The van der Waals surface area contributed by atoms with E-state index in [0.717, 1.165) is 0 Å². The Labute approximate surface area is 166 Å². The Morgan fingerprint density at radius 1 is 1.03 bits per heavy atom. The van der Waals surface area contributed by atoms with Crippen molar-refractivity contribution < 1.29 is 10.0 Å². The van der Waals surface area contributed by atoms with Gasteiger partial charge in [0, 0.05) is 37.3 Å². The molecule has 0 saturated carbocycles. The number of amides is 1. The highest BCUT2D eigenvalue weighted by atomic mass is 16.4. The Balaban J connectivity index is 1.45. The highest BCUT2D eigenvalue weighted by Crippen LogP contribution is 2.15. The quantitative estimate of drug-likeness (QED) is 0.264. The van der Waals surface area contributed by atoms with Gasteiger partial charge in [-0.05, 0) is 24.3 Å². The lowest BCUT2D eigenvalue weighted by Crippen LogP contribution is -2.49. The van der Waals surface area contributed by atoms with E-state index >= 15 is 0 Å². The predicted octanol–water partition coefficient (Wildman–Crippen LogP) is 0.980. The van der Waals surface area contributed by atoms with Gasteiger partial charge in [-0.15, -0.1) is 0 Å². The number of rotatable bonds is 3. The fraction of sp³-hybridized carbons (Fsp3) is 0.200. The van der Waals surface area contributed by atoms with Gasteiger partial charge in [0.15, 0.2) is 5.84 Å². The summed E-state index contributed by atoms with van der Waals surface area (Å²) >= 11 is 0. The maximum Gasteiger partial charge on any atom is 0.260 e. The molecule has 1 fully saturated rings. The standard InChI is InChI=1S/C20H20N6O3/c21-17(24-29)13-5-7-14(8-6-13)19(28)25-9-11-26(12-10-25)20-22-16-4-2-1-3-15(16)18(27)23-20/h1-8,29H,9-12H2,(H2,21,24)(H,22,23,27). The van der Waals surface area contributed by atoms with Crippen LogP contribution in [0.5, 0.6) is 0 Å². The molecule has 4 N–H and O–H groups in total. The lowest BCUT2D eigenvalue weighted by molar-refractivity contribution is 0.0746. The minimum absolute atomic E-state index is 0.00510. The number of hydrogen-bond acceptors (Lipinski definition) is 6. The van der Waals surface area contributed by atoms with Gasteiger partial charge < -0.3 is 20.7 Å². The van der Waals surface area contributed by atoms with E-state index in [2.05, 4.69) is 15.1 Å². The lowest BCUT2D eigenvalue weighted by atomic mass is 10.1. The number of para-hydroxylation sites is 1. The monoisotopic (exact) mass is 392 g/mol. The number of aromatic nitrogens is 2. The molecule has 3 aromatic rings. The molecular formula is C20H20N6O3. The van der Waals surface area contributed by atoms with Crippen LogP contribution in [-0.4, -0.2) is 58.0 Å². The van der Waals surface area contributed by atoms with Crippen LogP contribution >= 0.6 is 0 Å². The molecule has 1 aliphatic rings. The van der Waals surface area contributed by atoms with E-state index in [1.165, 1.54) is 0 Å². The molecule has 0 radical (unpaired) electrons. The number of H-pyrrole nitrogens is 1. The van der Waals surface area contributed by atoms with Crippen LogP contribution in [0, 0.1) is 0 Å². The minimum atomic E-state index is -0.171. The first-order valence-corrected chi connectivity index (χ1v) is 9.18. The average Bonchev–Trinajstić information content (AvgIpc) is 2.78. The summed E-state index contributed by atoms with van der Waals surface area (Å²) in [5.74, 6) is 0.425. The number of anilines is 1. The molecule has 2 aromatic carbocycles. The molecule has 0 spiro atoms. The Morgan fingerprint density at radius 2 is 1.69 bits per heavy atom. The second-order valence-electron chi connectivity index (χ2n) is 6.75. The zero-order chi connectivity index (χ0) is 20.4. The van der Waals surface area contributed by atoms with Gasteiger partial charge in [0.1, 0.15) is 0 Å². The van der Waals surface area contributed by atoms with E-state index in [4.69, 9.17) is 10.9 Å². The molecule has 0 aliphatic carbocycles.